The number of aryl methyl sites for hydroxylation is 2. The fourth-order valence-electron chi connectivity index (χ4n) is 2.09. The molecule has 110 valence electrons. The van der Waals surface area contributed by atoms with Gasteiger partial charge in [-0.05, 0) is 49.2 Å². The second-order valence-corrected chi connectivity index (χ2v) is 5.20. The summed E-state index contributed by atoms with van der Waals surface area (Å²) in [4.78, 5) is 11.8. The Labute approximate surface area is 128 Å². The number of nitrogens with two attached hydrogens (primary N) is 1. The molecule has 2 aromatic rings. The van der Waals surface area contributed by atoms with E-state index in [9.17, 15) is 4.79 Å². The number of halogens is 1. The van der Waals surface area contributed by atoms with Crippen LogP contribution in [0.3, 0.4) is 0 Å². The molecule has 2 rings (SSSR count). The summed E-state index contributed by atoms with van der Waals surface area (Å²) >= 11 is 6.15. The fourth-order valence-corrected chi connectivity index (χ4v) is 2.36. The summed E-state index contributed by atoms with van der Waals surface area (Å²) in [6.07, 6.45) is 0. The van der Waals surface area contributed by atoms with E-state index in [-0.39, 0.29) is 16.3 Å². The maximum atomic E-state index is 11.8. The highest BCUT2D eigenvalue weighted by atomic mass is 35.5. The van der Waals surface area contributed by atoms with E-state index in [1.54, 1.807) is 0 Å². The first-order valence-electron chi connectivity index (χ1n) is 6.34. The highest BCUT2D eigenvalue weighted by Gasteiger charge is 2.18. The Hall–Kier alpha value is -2.20. The molecule has 0 atom stereocenters. The van der Waals surface area contributed by atoms with E-state index in [1.807, 2.05) is 32.0 Å². The molecule has 0 aliphatic heterocycles. The molecular formula is C16H16ClNO3. The third kappa shape index (κ3) is 3.47. The van der Waals surface area contributed by atoms with Gasteiger partial charge in [0.05, 0.1) is 12.1 Å². The van der Waals surface area contributed by atoms with E-state index < -0.39 is 5.97 Å². The van der Waals surface area contributed by atoms with Gasteiger partial charge in [-0.3, -0.25) is 0 Å². The lowest BCUT2D eigenvalue weighted by Gasteiger charge is -2.13. The van der Waals surface area contributed by atoms with E-state index in [2.05, 4.69) is 0 Å². The molecule has 0 radical (unpaired) electrons. The Morgan fingerprint density at radius 1 is 1.10 bits per heavy atom. The molecule has 0 saturated heterocycles. The number of rotatable bonds is 3. The van der Waals surface area contributed by atoms with Crippen molar-refractivity contribution in [3.8, 4) is 11.5 Å². The molecule has 0 aromatic heterocycles. The zero-order valence-corrected chi connectivity index (χ0v) is 12.8. The fraction of sp³-hybridized carbons (Fsp3) is 0.188. The van der Waals surface area contributed by atoms with Crippen LogP contribution in [-0.4, -0.2) is 13.1 Å². The molecule has 0 spiro atoms. The SMILES string of the molecule is COC(=O)c1cc(N)cc(Cl)c1Oc1cc(C)cc(C)c1. The minimum Gasteiger partial charge on any atom is -0.465 e. The molecule has 5 heteroatoms. The summed E-state index contributed by atoms with van der Waals surface area (Å²) in [6, 6.07) is 8.77. The van der Waals surface area contributed by atoms with Crippen molar-refractivity contribution in [1.29, 1.82) is 0 Å². The molecule has 0 saturated carbocycles. The third-order valence-corrected chi connectivity index (χ3v) is 3.17. The molecule has 0 unspecified atom stereocenters. The smallest absolute Gasteiger partial charge is 0.341 e. The van der Waals surface area contributed by atoms with Gasteiger partial charge in [0.2, 0.25) is 0 Å². The van der Waals surface area contributed by atoms with Crippen LogP contribution in [0.4, 0.5) is 5.69 Å². The molecule has 0 aliphatic carbocycles. The van der Waals surface area contributed by atoms with E-state index in [0.717, 1.165) is 11.1 Å². The minimum absolute atomic E-state index is 0.196. The number of carbonyl (C=O) groups is 1. The Bertz CT molecular complexity index is 678. The largest absolute Gasteiger partial charge is 0.465 e. The molecule has 2 N–H and O–H groups in total. The van der Waals surface area contributed by atoms with E-state index in [1.165, 1.54) is 19.2 Å². The number of nitrogen functional groups attached to an aromatic ring is 1. The predicted molar refractivity (Wildman–Crippen MR) is 83.2 cm³/mol. The summed E-state index contributed by atoms with van der Waals surface area (Å²) < 4.78 is 10.5. The number of ether oxygens (including phenoxy) is 2. The highest BCUT2D eigenvalue weighted by molar-refractivity contribution is 6.33. The molecule has 0 amide bonds. The number of hydrogen-bond donors (Lipinski definition) is 1. The number of hydrogen-bond acceptors (Lipinski definition) is 4. The first kappa shape index (κ1) is 15.2. The molecule has 2 aromatic carbocycles. The van der Waals surface area contributed by atoms with Crippen molar-refractivity contribution in [2.45, 2.75) is 13.8 Å². The van der Waals surface area contributed by atoms with Crippen LogP contribution in [0, 0.1) is 13.8 Å². The maximum Gasteiger partial charge on any atom is 0.341 e. The standard InChI is InChI=1S/C16H16ClNO3/c1-9-4-10(2)6-12(5-9)21-15-13(16(19)20-3)7-11(18)8-14(15)17/h4-8H,18H2,1-3H3. The average Bonchev–Trinajstić information content (AvgIpc) is 2.39. The van der Waals surface area contributed by atoms with Crippen LogP contribution < -0.4 is 10.5 Å². The Morgan fingerprint density at radius 2 is 1.71 bits per heavy atom. The first-order valence-corrected chi connectivity index (χ1v) is 6.72. The quantitative estimate of drug-likeness (QED) is 0.684. The molecule has 0 fully saturated rings. The third-order valence-electron chi connectivity index (χ3n) is 2.89. The Kier molecular flexibility index (Phi) is 4.38. The van der Waals surface area contributed by atoms with Crippen molar-refractivity contribution in [3.63, 3.8) is 0 Å². The number of esters is 1. The number of anilines is 1. The lowest BCUT2D eigenvalue weighted by molar-refractivity contribution is 0.0598. The zero-order valence-electron chi connectivity index (χ0n) is 12.1. The number of carbonyl (C=O) groups excluding carboxylic acids is 1. The number of methoxy groups -OCH3 is 1. The summed E-state index contributed by atoms with van der Waals surface area (Å²) in [7, 11) is 1.29. The highest BCUT2D eigenvalue weighted by Crippen LogP contribution is 2.36. The van der Waals surface area contributed by atoms with E-state index in [4.69, 9.17) is 26.8 Å². The molecular weight excluding hydrogens is 290 g/mol. The Balaban J connectivity index is 2.50. The van der Waals surface area contributed by atoms with Gasteiger partial charge in [0.25, 0.3) is 0 Å². The van der Waals surface area contributed by atoms with Crippen LogP contribution in [0.25, 0.3) is 0 Å². The van der Waals surface area contributed by atoms with E-state index >= 15 is 0 Å². The second kappa shape index (κ2) is 6.06. The monoisotopic (exact) mass is 305 g/mol. The predicted octanol–water partition coefficient (Wildman–Crippen LogP) is 4.12. The lowest BCUT2D eigenvalue weighted by Crippen LogP contribution is -2.05. The van der Waals surface area contributed by atoms with Gasteiger partial charge < -0.3 is 15.2 Å². The van der Waals surface area contributed by atoms with Crippen LogP contribution in [-0.2, 0) is 4.74 Å². The second-order valence-electron chi connectivity index (χ2n) is 4.80. The first-order chi connectivity index (χ1) is 9.90. The van der Waals surface area contributed by atoms with Crippen molar-refractivity contribution in [2.75, 3.05) is 12.8 Å². The van der Waals surface area contributed by atoms with Crippen molar-refractivity contribution < 1.29 is 14.3 Å². The van der Waals surface area contributed by atoms with Crippen LogP contribution in [0.2, 0.25) is 5.02 Å². The minimum atomic E-state index is -0.552. The topological polar surface area (TPSA) is 61.5 Å². The van der Waals surface area contributed by atoms with Gasteiger partial charge in [-0.2, -0.15) is 0 Å². The van der Waals surface area contributed by atoms with E-state index in [0.29, 0.717) is 11.4 Å². The zero-order chi connectivity index (χ0) is 15.6. The summed E-state index contributed by atoms with van der Waals surface area (Å²) in [5.41, 5.74) is 8.38. The maximum absolute atomic E-state index is 11.8. The molecule has 4 nitrogen and oxygen atoms in total. The van der Waals surface area contributed by atoms with Gasteiger partial charge >= 0.3 is 5.97 Å². The van der Waals surface area contributed by atoms with Gasteiger partial charge in [-0.25, -0.2) is 4.79 Å². The Morgan fingerprint density at radius 3 is 2.29 bits per heavy atom. The normalized spacial score (nSPS) is 10.3. The molecule has 0 heterocycles. The average molecular weight is 306 g/mol. The van der Waals surface area contributed by atoms with Gasteiger partial charge in [0.1, 0.15) is 11.3 Å². The van der Waals surface area contributed by atoms with Crippen LogP contribution in [0.5, 0.6) is 11.5 Å². The van der Waals surface area contributed by atoms with Crippen molar-refractivity contribution in [2.24, 2.45) is 0 Å². The van der Waals surface area contributed by atoms with Crippen LogP contribution in [0.1, 0.15) is 21.5 Å². The summed E-state index contributed by atoms with van der Waals surface area (Å²) in [5.74, 6) is 0.288. The molecule has 0 bridgehead atoms. The summed E-state index contributed by atoms with van der Waals surface area (Å²) in [6.45, 7) is 3.93. The summed E-state index contributed by atoms with van der Waals surface area (Å²) in [5, 5.41) is 0.259. The number of benzene rings is 2. The van der Waals surface area contributed by atoms with Crippen molar-refractivity contribution >= 4 is 23.3 Å². The lowest BCUT2D eigenvalue weighted by atomic mass is 10.1. The van der Waals surface area contributed by atoms with Gasteiger partial charge in [0.15, 0.2) is 5.75 Å². The van der Waals surface area contributed by atoms with Crippen molar-refractivity contribution in [3.05, 3.63) is 52.0 Å². The van der Waals surface area contributed by atoms with Gasteiger partial charge in [-0.1, -0.05) is 17.7 Å². The van der Waals surface area contributed by atoms with Crippen LogP contribution >= 0.6 is 11.6 Å². The van der Waals surface area contributed by atoms with Gasteiger partial charge in [0, 0.05) is 5.69 Å². The molecule has 0 aliphatic rings. The van der Waals surface area contributed by atoms with Crippen molar-refractivity contribution in [1.82, 2.24) is 0 Å². The van der Waals surface area contributed by atoms with Gasteiger partial charge in [-0.15, -0.1) is 0 Å². The van der Waals surface area contributed by atoms with Crippen LogP contribution in [0.15, 0.2) is 30.3 Å². The molecule has 21 heavy (non-hydrogen) atoms.